The van der Waals surface area contributed by atoms with Crippen LogP contribution in [-0.4, -0.2) is 23.8 Å². The fourth-order valence-electron chi connectivity index (χ4n) is 1.62. The maximum absolute atomic E-state index is 8.84. The van der Waals surface area contributed by atoms with E-state index in [2.05, 4.69) is 4.98 Å². The van der Waals surface area contributed by atoms with Crippen LogP contribution in [0.25, 0.3) is 5.69 Å². The molecule has 0 radical (unpaired) electrons. The molecule has 18 heavy (non-hydrogen) atoms. The number of ether oxygens (including phenoxy) is 2. The maximum atomic E-state index is 8.84. The summed E-state index contributed by atoms with van der Waals surface area (Å²) in [7, 11) is 3.13. The predicted molar refractivity (Wildman–Crippen MR) is 65.8 cm³/mol. The maximum Gasteiger partial charge on any atom is 0.182 e. The van der Waals surface area contributed by atoms with E-state index in [-0.39, 0.29) is 11.5 Å². The Balaban J connectivity index is 2.61. The highest BCUT2D eigenvalue weighted by Gasteiger charge is 2.13. The highest BCUT2D eigenvalue weighted by Crippen LogP contribution is 2.29. The molecule has 0 aliphatic rings. The normalized spacial score (nSPS) is 9.83. The number of anilines is 1. The van der Waals surface area contributed by atoms with Crippen molar-refractivity contribution in [2.45, 2.75) is 0 Å². The number of hydrogen-bond acceptors (Lipinski definition) is 5. The number of methoxy groups -OCH3 is 2. The van der Waals surface area contributed by atoms with Gasteiger partial charge in [-0.1, -0.05) is 0 Å². The van der Waals surface area contributed by atoms with Crippen LogP contribution in [-0.2, 0) is 0 Å². The molecule has 0 fully saturated rings. The van der Waals surface area contributed by atoms with Gasteiger partial charge in [0.2, 0.25) is 0 Å². The minimum Gasteiger partial charge on any atom is -0.497 e. The van der Waals surface area contributed by atoms with Gasteiger partial charge in [-0.05, 0) is 12.1 Å². The van der Waals surface area contributed by atoms with Crippen LogP contribution in [0.4, 0.5) is 5.82 Å². The molecule has 0 amide bonds. The number of aromatic nitrogens is 2. The molecule has 0 aliphatic carbocycles. The van der Waals surface area contributed by atoms with Crippen LogP contribution < -0.4 is 15.2 Å². The molecule has 0 unspecified atom stereocenters. The van der Waals surface area contributed by atoms with Gasteiger partial charge in [0.1, 0.15) is 29.7 Å². The van der Waals surface area contributed by atoms with E-state index in [1.54, 1.807) is 37.0 Å². The summed E-state index contributed by atoms with van der Waals surface area (Å²) in [5, 5.41) is 8.84. The van der Waals surface area contributed by atoms with Gasteiger partial charge in [-0.2, -0.15) is 5.26 Å². The highest BCUT2D eigenvalue weighted by molar-refractivity contribution is 5.58. The van der Waals surface area contributed by atoms with Gasteiger partial charge in [0.05, 0.1) is 19.9 Å². The molecule has 0 saturated heterocycles. The summed E-state index contributed by atoms with van der Waals surface area (Å²) in [6, 6.07) is 7.23. The van der Waals surface area contributed by atoms with Crippen molar-refractivity contribution in [2.75, 3.05) is 20.0 Å². The van der Waals surface area contributed by atoms with Crippen LogP contribution in [0, 0.1) is 11.3 Å². The van der Waals surface area contributed by atoms with E-state index < -0.39 is 0 Å². The molecular weight excluding hydrogens is 232 g/mol. The van der Waals surface area contributed by atoms with Gasteiger partial charge in [-0.15, -0.1) is 0 Å². The average molecular weight is 244 g/mol. The van der Waals surface area contributed by atoms with Crippen molar-refractivity contribution in [1.82, 2.24) is 9.55 Å². The second-order valence-corrected chi connectivity index (χ2v) is 3.50. The van der Waals surface area contributed by atoms with Crippen molar-refractivity contribution >= 4 is 5.82 Å². The largest absolute Gasteiger partial charge is 0.497 e. The van der Waals surface area contributed by atoms with Gasteiger partial charge in [-0.3, -0.25) is 4.57 Å². The lowest BCUT2D eigenvalue weighted by Crippen LogP contribution is -2.02. The number of hydrogen-bond donors (Lipinski definition) is 1. The zero-order valence-electron chi connectivity index (χ0n) is 10.0. The average Bonchev–Trinajstić information content (AvgIpc) is 2.78. The van der Waals surface area contributed by atoms with Gasteiger partial charge in [0.15, 0.2) is 5.69 Å². The summed E-state index contributed by atoms with van der Waals surface area (Å²) in [6.07, 6.45) is 1.48. The lowest BCUT2D eigenvalue weighted by molar-refractivity contribution is 0.401. The molecule has 6 nitrogen and oxygen atoms in total. The number of rotatable bonds is 3. The zero-order valence-corrected chi connectivity index (χ0v) is 10.0. The third-order valence-corrected chi connectivity index (χ3v) is 2.56. The number of imidazole rings is 1. The van der Waals surface area contributed by atoms with Crippen LogP contribution in [0.1, 0.15) is 5.69 Å². The third kappa shape index (κ3) is 1.82. The molecule has 1 aromatic heterocycles. The van der Waals surface area contributed by atoms with E-state index in [0.29, 0.717) is 17.2 Å². The molecule has 0 aliphatic heterocycles. The van der Waals surface area contributed by atoms with Gasteiger partial charge >= 0.3 is 0 Å². The molecule has 0 spiro atoms. The van der Waals surface area contributed by atoms with E-state index in [9.17, 15) is 0 Å². The number of nitrogens with zero attached hydrogens (tertiary/aromatic N) is 3. The second-order valence-electron chi connectivity index (χ2n) is 3.50. The van der Waals surface area contributed by atoms with Gasteiger partial charge in [0.25, 0.3) is 0 Å². The van der Waals surface area contributed by atoms with E-state index in [4.69, 9.17) is 20.5 Å². The predicted octanol–water partition coefficient (Wildman–Crippen LogP) is 1.34. The minimum absolute atomic E-state index is 0.180. The molecule has 2 aromatic rings. The fraction of sp³-hybridized carbons (Fsp3) is 0.167. The van der Waals surface area contributed by atoms with Gasteiger partial charge in [0, 0.05) is 6.07 Å². The number of nitriles is 1. The standard InChI is InChI=1S/C12H12N4O2/c1-17-8-3-4-11(18-2)10(5-8)16-7-15-9(6-13)12(16)14/h3-5,7H,14H2,1-2H3. The Kier molecular flexibility index (Phi) is 3.06. The van der Waals surface area contributed by atoms with Gasteiger partial charge in [-0.25, -0.2) is 4.98 Å². The lowest BCUT2D eigenvalue weighted by atomic mass is 10.2. The summed E-state index contributed by atoms with van der Waals surface area (Å²) in [5.41, 5.74) is 6.69. The van der Waals surface area contributed by atoms with Crippen LogP contribution in [0.2, 0.25) is 0 Å². The number of benzene rings is 1. The Bertz CT molecular complexity index is 613. The molecule has 2 rings (SSSR count). The first-order valence-corrected chi connectivity index (χ1v) is 5.16. The first-order valence-electron chi connectivity index (χ1n) is 5.16. The molecular formula is C12H12N4O2. The topological polar surface area (TPSA) is 86.1 Å². The highest BCUT2D eigenvalue weighted by atomic mass is 16.5. The van der Waals surface area contributed by atoms with Crippen LogP contribution in [0.3, 0.4) is 0 Å². The quantitative estimate of drug-likeness (QED) is 0.880. The monoisotopic (exact) mass is 244 g/mol. The molecule has 1 aromatic carbocycles. The van der Waals surface area contributed by atoms with Crippen molar-refractivity contribution in [3.8, 4) is 23.3 Å². The summed E-state index contributed by atoms with van der Waals surface area (Å²) >= 11 is 0. The first-order chi connectivity index (χ1) is 8.71. The van der Waals surface area contributed by atoms with Crippen LogP contribution in [0.5, 0.6) is 11.5 Å². The first kappa shape index (κ1) is 11.8. The Labute approximate surface area is 104 Å². The van der Waals surface area contributed by atoms with E-state index in [0.717, 1.165) is 0 Å². The SMILES string of the molecule is COc1ccc(OC)c(-n2cnc(C#N)c2N)c1. The lowest BCUT2D eigenvalue weighted by Gasteiger charge is -2.12. The summed E-state index contributed by atoms with van der Waals surface area (Å²) in [6.45, 7) is 0. The van der Waals surface area contributed by atoms with Crippen molar-refractivity contribution < 1.29 is 9.47 Å². The number of nitrogens with two attached hydrogens (primary N) is 1. The van der Waals surface area contributed by atoms with E-state index >= 15 is 0 Å². The van der Waals surface area contributed by atoms with Crippen molar-refractivity contribution in [3.63, 3.8) is 0 Å². The van der Waals surface area contributed by atoms with Crippen molar-refractivity contribution in [3.05, 3.63) is 30.2 Å². The molecule has 6 heteroatoms. The summed E-state index contributed by atoms with van der Waals surface area (Å²) in [5.74, 6) is 1.55. The Morgan fingerprint density at radius 3 is 2.67 bits per heavy atom. The molecule has 0 saturated carbocycles. The fourth-order valence-corrected chi connectivity index (χ4v) is 1.62. The summed E-state index contributed by atoms with van der Waals surface area (Å²) < 4.78 is 12.0. The Hall–Kier alpha value is -2.68. The molecule has 2 N–H and O–H groups in total. The minimum atomic E-state index is 0.180. The zero-order chi connectivity index (χ0) is 13.1. The van der Waals surface area contributed by atoms with E-state index in [1.165, 1.54) is 6.33 Å². The van der Waals surface area contributed by atoms with Crippen molar-refractivity contribution in [2.24, 2.45) is 0 Å². The Morgan fingerprint density at radius 2 is 2.11 bits per heavy atom. The Morgan fingerprint density at radius 1 is 1.33 bits per heavy atom. The van der Waals surface area contributed by atoms with Gasteiger partial charge < -0.3 is 15.2 Å². The molecule has 1 heterocycles. The molecule has 0 bridgehead atoms. The third-order valence-electron chi connectivity index (χ3n) is 2.56. The molecule has 92 valence electrons. The van der Waals surface area contributed by atoms with E-state index in [1.807, 2.05) is 6.07 Å². The second kappa shape index (κ2) is 4.67. The summed E-state index contributed by atoms with van der Waals surface area (Å²) in [4.78, 5) is 3.92. The van der Waals surface area contributed by atoms with Crippen LogP contribution >= 0.6 is 0 Å². The van der Waals surface area contributed by atoms with Crippen molar-refractivity contribution in [1.29, 1.82) is 5.26 Å². The van der Waals surface area contributed by atoms with Crippen LogP contribution in [0.15, 0.2) is 24.5 Å². The molecule has 0 atom stereocenters. The smallest absolute Gasteiger partial charge is 0.182 e. The number of nitrogen functional groups attached to an aromatic ring is 1.